The quantitative estimate of drug-likeness (QED) is 0.209. The lowest BCUT2D eigenvalue weighted by Crippen LogP contribution is -2.46. The van der Waals surface area contributed by atoms with Gasteiger partial charge in [0.05, 0.1) is 0 Å². The molecule has 1 aliphatic rings. The maximum absolute atomic E-state index is 4.16. The van der Waals surface area contributed by atoms with Crippen molar-refractivity contribution < 1.29 is 0 Å². The van der Waals surface area contributed by atoms with Gasteiger partial charge in [-0.25, -0.2) is 0 Å². The summed E-state index contributed by atoms with van der Waals surface area (Å²) in [4.78, 5) is 9.26. The van der Waals surface area contributed by atoms with Crippen LogP contribution >= 0.6 is 24.0 Å². The third-order valence-electron chi connectivity index (χ3n) is 3.74. The van der Waals surface area contributed by atoms with E-state index in [9.17, 15) is 0 Å². The summed E-state index contributed by atoms with van der Waals surface area (Å²) in [6, 6.07) is 0. The summed E-state index contributed by atoms with van der Waals surface area (Å²) in [6.45, 7) is 15.0. The molecular weight excluding hydrogens is 377 g/mol. The van der Waals surface area contributed by atoms with Crippen LogP contribution in [0.15, 0.2) is 17.6 Å². The van der Waals surface area contributed by atoms with Crippen molar-refractivity contribution in [3.05, 3.63) is 12.7 Å². The van der Waals surface area contributed by atoms with Gasteiger partial charge >= 0.3 is 0 Å². The molecule has 0 aliphatic carbocycles. The van der Waals surface area contributed by atoms with E-state index in [1.165, 1.54) is 52.1 Å². The maximum Gasteiger partial charge on any atom is 0.191 e. The molecule has 21 heavy (non-hydrogen) atoms. The molecule has 0 saturated carbocycles. The average Bonchev–Trinajstić information content (AvgIpc) is 2.50. The first kappa shape index (κ1) is 20.7. The van der Waals surface area contributed by atoms with Crippen LogP contribution in [0.1, 0.15) is 19.8 Å². The van der Waals surface area contributed by atoms with Gasteiger partial charge in [0, 0.05) is 46.3 Å². The van der Waals surface area contributed by atoms with E-state index in [1.807, 2.05) is 6.08 Å². The van der Waals surface area contributed by atoms with Crippen molar-refractivity contribution in [2.24, 2.45) is 4.99 Å². The molecule has 2 N–H and O–H groups in total. The minimum absolute atomic E-state index is 0. The van der Waals surface area contributed by atoms with Crippen molar-refractivity contribution in [2.45, 2.75) is 19.8 Å². The predicted octanol–water partition coefficient (Wildman–Crippen LogP) is 1.37. The van der Waals surface area contributed by atoms with Crippen LogP contribution in [-0.4, -0.2) is 75.2 Å². The first-order valence-electron chi connectivity index (χ1n) is 7.80. The summed E-state index contributed by atoms with van der Waals surface area (Å²) in [6.07, 6.45) is 4.27. The van der Waals surface area contributed by atoms with Gasteiger partial charge in [-0.1, -0.05) is 13.0 Å². The Kier molecular flexibility index (Phi) is 13.1. The lowest BCUT2D eigenvalue weighted by Gasteiger charge is -2.34. The summed E-state index contributed by atoms with van der Waals surface area (Å²) in [7, 11) is 1.80. The van der Waals surface area contributed by atoms with E-state index in [1.54, 1.807) is 7.05 Å². The molecular formula is C15H32IN5. The lowest BCUT2D eigenvalue weighted by atomic mass is 10.2. The normalized spacial score (nSPS) is 17.1. The maximum atomic E-state index is 4.16. The molecule has 0 amide bonds. The molecule has 0 aromatic rings. The van der Waals surface area contributed by atoms with Gasteiger partial charge in [0.15, 0.2) is 5.96 Å². The number of piperazine rings is 1. The second kappa shape index (κ2) is 13.3. The van der Waals surface area contributed by atoms with E-state index in [2.05, 4.69) is 38.9 Å². The van der Waals surface area contributed by atoms with Crippen LogP contribution in [0.2, 0.25) is 0 Å². The Morgan fingerprint density at radius 1 is 1.14 bits per heavy atom. The summed E-state index contributed by atoms with van der Waals surface area (Å²) in [5.41, 5.74) is 0. The molecule has 0 radical (unpaired) electrons. The first-order chi connectivity index (χ1) is 9.80. The molecule has 124 valence electrons. The monoisotopic (exact) mass is 409 g/mol. The summed E-state index contributed by atoms with van der Waals surface area (Å²) >= 11 is 0. The Labute approximate surface area is 147 Å². The van der Waals surface area contributed by atoms with Gasteiger partial charge in [-0.05, 0) is 25.9 Å². The van der Waals surface area contributed by atoms with Crippen molar-refractivity contribution in [3.63, 3.8) is 0 Å². The topological polar surface area (TPSA) is 42.9 Å². The lowest BCUT2D eigenvalue weighted by molar-refractivity contribution is 0.136. The zero-order chi connectivity index (χ0) is 14.6. The first-order valence-corrected chi connectivity index (χ1v) is 7.80. The van der Waals surface area contributed by atoms with Crippen LogP contribution in [0.5, 0.6) is 0 Å². The number of unbranched alkanes of at least 4 members (excludes halogenated alkanes) is 1. The molecule has 0 atom stereocenters. The van der Waals surface area contributed by atoms with E-state index < -0.39 is 0 Å². The van der Waals surface area contributed by atoms with Gasteiger partial charge < -0.3 is 20.4 Å². The number of halogens is 1. The second-order valence-corrected chi connectivity index (χ2v) is 5.15. The summed E-state index contributed by atoms with van der Waals surface area (Å²) in [5.74, 6) is 0.862. The highest BCUT2D eigenvalue weighted by Gasteiger charge is 2.14. The van der Waals surface area contributed by atoms with Crippen LogP contribution in [0.3, 0.4) is 0 Å². The largest absolute Gasteiger partial charge is 0.356 e. The van der Waals surface area contributed by atoms with E-state index >= 15 is 0 Å². The smallest absolute Gasteiger partial charge is 0.191 e. The van der Waals surface area contributed by atoms with E-state index in [0.717, 1.165) is 19.0 Å². The molecule has 0 aromatic carbocycles. The highest BCUT2D eigenvalue weighted by Crippen LogP contribution is 2.02. The molecule has 6 heteroatoms. The van der Waals surface area contributed by atoms with E-state index in [4.69, 9.17) is 0 Å². The van der Waals surface area contributed by atoms with Crippen LogP contribution in [0.25, 0.3) is 0 Å². The van der Waals surface area contributed by atoms with Crippen molar-refractivity contribution in [1.29, 1.82) is 0 Å². The van der Waals surface area contributed by atoms with Crippen LogP contribution in [-0.2, 0) is 0 Å². The predicted molar refractivity (Wildman–Crippen MR) is 103 cm³/mol. The summed E-state index contributed by atoms with van der Waals surface area (Å²) < 4.78 is 0. The third-order valence-corrected chi connectivity index (χ3v) is 3.74. The highest BCUT2D eigenvalue weighted by atomic mass is 127. The zero-order valence-corrected chi connectivity index (χ0v) is 15.9. The number of rotatable bonds is 8. The van der Waals surface area contributed by atoms with Crippen molar-refractivity contribution in [2.75, 3.05) is 59.4 Å². The highest BCUT2D eigenvalue weighted by molar-refractivity contribution is 14.0. The number of aliphatic imine (C=N–C) groups is 1. The van der Waals surface area contributed by atoms with Gasteiger partial charge in [-0.2, -0.15) is 0 Å². The van der Waals surface area contributed by atoms with Crippen LogP contribution in [0, 0.1) is 0 Å². The van der Waals surface area contributed by atoms with Crippen molar-refractivity contribution >= 4 is 29.9 Å². The molecule has 1 rings (SSSR count). The van der Waals surface area contributed by atoms with Crippen LogP contribution in [0.4, 0.5) is 0 Å². The number of nitrogens with zero attached hydrogens (tertiary/aromatic N) is 3. The molecule has 0 unspecified atom stereocenters. The van der Waals surface area contributed by atoms with Crippen molar-refractivity contribution in [1.82, 2.24) is 20.4 Å². The Morgan fingerprint density at radius 3 is 2.38 bits per heavy atom. The minimum Gasteiger partial charge on any atom is -0.356 e. The standard InChI is InChI=1S/C15H31N5.HI/c1-4-8-17-15(16-3)18-9-6-7-10-20-13-11-19(5-2)12-14-20;/h4H,1,5-14H2,2-3H3,(H2,16,17,18);1H. The van der Waals surface area contributed by atoms with E-state index in [-0.39, 0.29) is 24.0 Å². The van der Waals surface area contributed by atoms with Gasteiger partial charge in [0.25, 0.3) is 0 Å². The fourth-order valence-corrected chi connectivity index (χ4v) is 2.39. The number of hydrogen-bond donors (Lipinski definition) is 2. The molecule has 0 bridgehead atoms. The number of guanidine groups is 1. The fourth-order valence-electron chi connectivity index (χ4n) is 2.39. The number of nitrogens with one attached hydrogen (secondary N) is 2. The molecule has 1 fully saturated rings. The van der Waals surface area contributed by atoms with Crippen molar-refractivity contribution in [3.8, 4) is 0 Å². The molecule has 1 aliphatic heterocycles. The Morgan fingerprint density at radius 2 is 1.81 bits per heavy atom. The zero-order valence-electron chi connectivity index (χ0n) is 13.6. The van der Waals surface area contributed by atoms with E-state index in [0.29, 0.717) is 0 Å². The fraction of sp³-hybridized carbons (Fsp3) is 0.800. The molecule has 5 nitrogen and oxygen atoms in total. The SMILES string of the molecule is C=CCNC(=NC)NCCCCN1CCN(CC)CC1.I. The average molecular weight is 409 g/mol. The molecule has 0 spiro atoms. The second-order valence-electron chi connectivity index (χ2n) is 5.15. The molecule has 1 heterocycles. The third kappa shape index (κ3) is 9.31. The molecule has 0 aromatic heterocycles. The minimum atomic E-state index is 0. The molecule has 1 saturated heterocycles. The van der Waals surface area contributed by atoms with Gasteiger partial charge in [0.1, 0.15) is 0 Å². The number of likely N-dealkylation sites (N-methyl/N-ethyl adjacent to an activating group) is 1. The Hall–Kier alpha value is -0.340. The van der Waals surface area contributed by atoms with Gasteiger partial charge in [-0.3, -0.25) is 4.99 Å². The van der Waals surface area contributed by atoms with Gasteiger partial charge in [-0.15, -0.1) is 30.6 Å². The van der Waals surface area contributed by atoms with Gasteiger partial charge in [0.2, 0.25) is 0 Å². The Bertz CT molecular complexity index is 288. The number of hydrogen-bond acceptors (Lipinski definition) is 3. The Balaban J connectivity index is 0.00000400. The summed E-state index contributed by atoms with van der Waals surface area (Å²) in [5, 5.41) is 6.50. The van der Waals surface area contributed by atoms with Crippen LogP contribution < -0.4 is 10.6 Å².